The van der Waals surface area contributed by atoms with Crippen molar-refractivity contribution in [3.63, 3.8) is 0 Å². The molecule has 0 saturated carbocycles. The average molecular weight is 250 g/mol. The van der Waals surface area contributed by atoms with E-state index < -0.39 is 4.92 Å². The van der Waals surface area contributed by atoms with Gasteiger partial charge in [0, 0.05) is 6.20 Å². The second-order valence-corrected chi connectivity index (χ2v) is 5.60. The van der Waals surface area contributed by atoms with Gasteiger partial charge in [-0.1, -0.05) is 6.92 Å². The second-order valence-electron chi connectivity index (χ2n) is 5.60. The molecule has 98 valence electrons. The molecule has 18 heavy (non-hydrogen) atoms. The van der Waals surface area contributed by atoms with E-state index in [0.717, 1.165) is 12.8 Å². The smallest absolute Gasteiger partial charge is 0.293 e. The third-order valence-electron chi connectivity index (χ3n) is 3.29. The van der Waals surface area contributed by atoms with Crippen LogP contribution in [0.1, 0.15) is 45.3 Å². The molecule has 0 aliphatic carbocycles. The van der Waals surface area contributed by atoms with Gasteiger partial charge in [-0.05, 0) is 38.7 Å². The van der Waals surface area contributed by atoms with Gasteiger partial charge in [0.25, 0.3) is 5.69 Å². The van der Waals surface area contributed by atoms with Crippen LogP contribution in [0.5, 0.6) is 0 Å². The number of rotatable bonds is 2. The third-order valence-corrected chi connectivity index (χ3v) is 3.29. The molecule has 1 fully saturated rings. The molecule has 2 rings (SSSR count). The van der Waals surface area contributed by atoms with Gasteiger partial charge in [0.05, 0.1) is 22.2 Å². The summed E-state index contributed by atoms with van der Waals surface area (Å²) in [5.74, 6) is 0.492. The van der Waals surface area contributed by atoms with Gasteiger partial charge in [-0.25, -0.2) is 0 Å². The van der Waals surface area contributed by atoms with Crippen LogP contribution < -0.4 is 0 Å². The van der Waals surface area contributed by atoms with Crippen molar-refractivity contribution < 1.29 is 9.66 Å². The van der Waals surface area contributed by atoms with Crippen LogP contribution in [0.15, 0.2) is 18.5 Å². The summed E-state index contributed by atoms with van der Waals surface area (Å²) >= 11 is 0. The van der Waals surface area contributed by atoms with E-state index in [1.807, 2.05) is 13.8 Å². The summed E-state index contributed by atoms with van der Waals surface area (Å²) in [5, 5.41) is 11.0. The largest absolute Gasteiger partial charge is 0.367 e. The first-order valence-corrected chi connectivity index (χ1v) is 6.15. The van der Waals surface area contributed by atoms with Crippen LogP contribution in [0.25, 0.3) is 0 Å². The van der Waals surface area contributed by atoms with Crippen LogP contribution in [-0.2, 0) is 4.74 Å². The first kappa shape index (κ1) is 13.0. The van der Waals surface area contributed by atoms with Crippen molar-refractivity contribution in [3.8, 4) is 0 Å². The summed E-state index contributed by atoms with van der Waals surface area (Å²) in [6.07, 6.45) is 4.45. The molecule has 1 aliphatic rings. The lowest BCUT2D eigenvalue weighted by atomic mass is 9.85. The highest BCUT2D eigenvalue weighted by Crippen LogP contribution is 2.42. The van der Waals surface area contributed by atoms with E-state index in [9.17, 15) is 10.1 Å². The molecule has 0 spiro atoms. The molecule has 5 nitrogen and oxygen atoms in total. The summed E-state index contributed by atoms with van der Waals surface area (Å²) < 4.78 is 5.99. The van der Waals surface area contributed by atoms with E-state index in [4.69, 9.17) is 4.74 Å². The monoisotopic (exact) mass is 250 g/mol. The normalized spacial score (nSPS) is 26.8. The minimum Gasteiger partial charge on any atom is -0.367 e. The molecule has 1 aromatic rings. The van der Waals surface area contributed by atoms with Crippen molar-refractivity contribution in [1.82, 2.24) is 4.98 Å². The van der Waals surface area contributed by atoms with E-state index in [2.05, 4.69) is 11.9 Å². The number of aromatic nitrogens is 1. The molecule has 1 aliphatic heterocycles. The van der Waals surface area contributed by atoms with Gasteiger partial charge in [-0.3, -0.25) is 15.1 Å². The molecule has 1 saturated heterocycles. The molecule has 0 radical (unpaired) electrons. The Labute approximate surface area is 106 Å². The minimum absolute atomic E-state index is 0.0485. The zero-order valence-electron chi connectivity index (χ0n) is 10.9. The molecule has 0 N–H and O–H groups in total. The van der Waals surface area contributed by atoms with Gasteiger partial charge < -0.3 is 4.74 Å². The van der Waals surface area contributed by atoms with Crippen molar-refractivity contribution in [2.75, 3.05) is 0 Å². The molecule has 2 heterocycles. The molecular formula is C13H18N2O3. The standard InChI is InChI=1S/C13H18N2O3/c1-9-6-12(18-13(2,3)7-9)10-4-5-14-8-11(10)15(16)17/h4-5,8-9,12H,6-7H2,1-3H3/t9-,12+/m0/s1. The number of nitrogens with zero attached hydrogens (tertiary/aromatic N) is 2. The zero-order valence-corrected chi connectivity index (χ0v) is 10.9. The predicted octanol–water partition coefficient (Wildman–Crippen LogP) is 3.26. The van der Waals surface area contributed by atoms with Crippen molar-refractivity contribution in [1.29, 1.82) is 0 Å². The molecule has 0 bridgehead atoms. The van der Waals surface area contributed by atoms with E-state index in [1.54, 1.807) is 12.3 Å². The average Bonchev–Trinajstić information content (AvgIpc) is 2.26. The fraction of sp³-hybridized carbons (Fsp3) is 0.615. The molecule has 0 aromatic carbocycles. The second kappa shape index (κ2) is 4.65. The maximum absolute atomic E-state index is 11.0. The number of pyridine rings is 1. The fourth-order valence-corrected chi connectivity index (χ4v) is 2.78. The first-order valence-electron chi connectivity index (χ1n) is 6.15. The Balaban J connectivity index is 2.34. The Morgan fingerprint density at radius 3 is 2.89 bits per heavy atom. The Bertz CT molecular complexity index is 459. The molecule has 5 heteroatoms. The van der Waals surface area contributed by atoms with E-state index >= 15 is 0 Å². The minimum atomic E-state index is -0.391. The van der Waals surface area contributed by atoms with Crippen molar-refractivity contribution in [3.05, 3.63) is 34.1 Å². The van der Waals surface area contributed by atoms with Crippen molar-refractivity contribution in [2.45, 2.75) is 45.3 Å². The number of hydrogen-bond donors (Lipinski definition) is 0. The third kappa shape index (κ3) is 2.67. The Morgan fingerprint density at radius 1 is 1.56 bits per heavy atom. The summed E-state index contributed by atoms with van der Waals surface area (Å²) in [5.41, 5.74) is 0.446. The van der Waals surface area contributed by atoms with Gasteiger partial charge in [0.15, 0.2) is 0 Å². The molecule has 2 atom stereocenters. The van der Waals surface area contributed by atoms with Gasteiger partial charge in [-0.15, -0.1) is 0 Å². The summed E-state index contributed by atoms with van der Waals surface area (Å²) in [4.78, 5) is 14.4. The van der Waals surface area contributed by atoms with Crippen molar-refractivity contribution >= 4 is 5.69 Å². The van der Waals surface area contributed by atoms with Crippen LogP contribution in [0.3, 0.4) is 0 Å². The summed E-state index contributed by atoms with van der Waals surface area (Å²) in [6, 6.07) is 1.69. The van der Waals surface area contributed by atoms with Gasteiger partial charge in [0.1, 0.15) is 6.20 Å². The van der Waals surface area contributed by atoms with E-state index in [1.165, 1.54) is 6.20 Å². The van der Waals surface area contributed by atoms with Gasteiger partial charge >= 0.3 is 0 Å². The quantitative estimate of drug-likeness (QED) is 0.597. The SMILES string of the molecule is C[C@H]1C[C@H](c2ccncc2[N+](=O)[O-])OC(C)(C)C1. The lowest BCUT2D eigenvalue weighted by Crippen LogP contribution is -2.35. The molecule has 0 unspecified atom stereocenters. The topological polar surface area (TPSA) is 65.3 Å². The van der Waals surface area contributed by atoms with Crippen LogP contribution in [0.2, 0.25) is 0 Å². The van der Waals surface area contributed by atoms with Crippen molar-refractivity contribution in [2.24, 2.45) is 5.92 Å². The maximum Gasteiger partial charge on any atom is 0.293 e. The first-order chi connectivity index (χ1) is 8.39. The van der Waals surface area contributed by atoms with Gasteiger partial charge in [-0.2, -0.15) is 0 Å². The van der Waals surface area contributed by atoms with Crippen LogP contribution in [0.4, 0.5) is 5.69 Å². The molecule has 0 amide bonds. The lowest BCUT2D eigenvalue weighted by Gasteiger charge is -2.39. The maximum atomic E-state index is 11.0. The Kier molecular flexibility index (Phi) is 3.34. The summed E-state index contributed by atoms with van der Waals surface area (Å²) in [7, 11) is 0. The number of nitro groups is 1. The fourth-order valence-electron chi connectivity index (χ4n) is 2.78. The predicted molar refractivity (Wildman–Crippen MR) is 67.2 cm³/mol. The molecule has 1 aromatic heterocycles. The number of ether oxygens (including phenoxy) is 1. The number of hydrogen-bond acceptors (Lipinski definition) is 4. The van der Waals surface area contributed by atoms with E-state index in [-0.39, 0.29) is 17.4 Å². The zero-order chi connectivity index (χ0) is 13.3. The highest BCUT2D eigenvalue weighted by Gasteiger charge is 2.36. The van der Waals surface area contributed by atoms with Crippen LogP contribution >= 0.6 is 0 Å². The lowest BCUT2D eigenvalue weighted by molar-refractivity contribution is -0.386. The highest BCUT2D eigenvalue weighted by atomic mass is 16.6. The molecular weight excluding hydrogens is 232 g/mol. The Hall–Kier alpha value is -1.49. The highest BCUT2D eigenvalue weighted by molar-refractivity contribution is 5.38. The van der Waals surface area contributed by atoms with E-state index in [0.29, 0.717) is 11.5 Å². The van der Waals surface area contributed by atoms with Gasteiger partial charge in [0.2, 0.25) is 0 Å². The van der Waals surface area contributed by atoms with Crippen LogP contribution in [0, 0.1) is 16.0 Å². The Morgan fingerprint density at radius 2 is 2.28 bits per heavy atom. The summed E-state index contributed by atoms with van der Waals surface area (Å²) in [6.45, 7) is 6.22. The van der Waals surface area contributed by atoms with Crippen LogP contribution in [-0.4, -0.2) is 15.5 Å².